The van der Waals surface area contributed by atoms with E-state index in [0.717, 1.165) is 28.4 Å². The van der Waals surface area contributed by atoms with Gasteiger partial charge in [-0.15, -0.1) is 0 Å². The highest BCUT2D eigenvalue weighted by atomic mass is 32.2. The molecule has 0 saturated carbocycles. The first-order valence-electron chi connectivity index (χ1n) is 12.8. The van der Waals surface area contributed by atoms with E-state index < -0.39 is 16.1 Å². The van der Waals surface area contributed by atoms with E-state index in [1.54, 1.807) is 61.7 Å². The Morgan fingerprint density at radius 3 is 2.26 bits per heavy atom. The Bertz CT molecular complexity index is 1730. The minimum absolute atomic E-state index is 0.0658. The molecule has 0 aliphatic heterocycles. The Morgan fingerprint density at radius 2 is 1.56 bits per heavy atom. The number of nitrogens with zero attached hydrogens (tertiary/aromatic N) is 2. The molecule has 5 rings (SSSR count). The first kappa shape index (κ1) is 26.5. The predicted octanol–water partition coefficient (Wildman–Crippen LogP) is 6.21. The van der Waals surface area contributed by atoms with E-state index in [-0.39, 0.29) is 17.2 Å². The molecule has 1 N–H and O–H groups in total. The molecule has 0 bridgehead atoms. The van der Waals surface area contributed by atoms with Gasteiger partial charge in [-0.1, -0.05) is 48.5 Å². The average molecular weight is 542 g/mol. The van der Waals surface area contributed by atoms with Crippen molar-refractivity contribution >= 4 is 43.4 Å². The molecule has 1 amide bonds. The van der Waals surface area contributed by atoms with Crippen molar-refractivity contribution in [3.05, 3.63) is 103 Å². The second-order valence-electron chi connectivity index (χ2n) is 9.37. The zero-order valence-corrected chi connectivity index (χ0v) is 23.0. The summed E-state index contributed by atoms with van der Waals surface area (Å²) in [6, 6.07) is 28.7. The van der Waals surface area contributed by atoms with E-state index in [9.17, 15) is 13.2 Å². The Morgan fingerprint density at radius 1 is 0.897 bits per heavy atom. The minimum atomic E-state index is -3.85. The molecule has 0 aliphatic carbocycles. The van der Waals surface area contributed by atoms with E-state index in [1.165, 1.54) is 11.4 Å². The Kier molecular flexibility index (Phi) is 7.41. The number of carbonyl (C=O) groups is 1. The van der Waals surface area contributed by atoms with Gasteiger partial charge in [0, 0.05) is 47.5 Å². The number of para-hydroxylation sites is 1. The fourth-order valence-electron chi connectivity index (χ4n) is 5.07. The normalized spacial score (nSPS) is 12.6. The highest BCUT2D eigenvalue weighted by Gasteiger charge is 2.31. The number of carbonyl (C=O) groups excluding carboxylic acids is 1. The van der Waals surface area contributed by atoms with Crippen molar-refractivity contribution < 1.29 is 17.9 Å². The van der Waals surface area contributed by atoms with E-state index >= 15 is 0 Å². The average Bonchev–Trinajstić information content (AvgIpc) is 3.29. The van der Waals surface area contributed by atoms with Crippen LogP contribution in [0.2, 0.25) is 0 Å². The maximum atomic E-state index is 13.5. The number of fused-ring (bicyclic) bond motifs is 3. The van der Waals surface area contributed by atoms with Gasteiger partial charge in [-0.2, -0.15) is 4.31 Å². The number of rotatable bonds is 9. The van der Waals surface area contributed by atoms with Crippen LogP contribution in [0.25, 0.3) is 21.8 Å². The second-order valence-corrected chi connectivity index (χ2v) is 11.4. The molecular weight excluding hydrogens is 510 g/mol. The number of amides is 1. The van der Waals surface area contributed by atoms with Gasteiger partial charge in [-0.3, -0.25) is 4.79 Å². The van der Waals surface area contributed by atoms with Crippen molar-refractivity contribution in [1.82, 2.24) is 8.87 Å². The summed E-state index contributed by atoms with van der Waals surface area (Å²) in [5, 5.41) is 5.18. The number of hydrogen-bond acceptors (Lipinski definition) is 4. The summed E-state index contributed by atoms with van der Waals surface area (Å²) in [5.74, 6) is 0.361. The summed E-state index contributed by atoms with van der Waals surface area (Å²) < 4.78 is 35.7. The molecule has 0 aliphatic rings. The molecule has 1 aromatic heterocycles. The molecule has 0 radical (unpaired) electrons. The van der Waals surface area contributed by atoms with Crippen LogP contribution in [0.15, 0.2) is 102 Å². The smallest absolute Gasteiger partial charge is 0.243 e. The lowest BCUT2D eigenvalue weighted by Crippen LogP contribution is -2.33. The molecule has 7 nitrogen and oxygen atoms in total. The van der Waals surface area contributed by atoms with Gasteiger partial charge in [0.1, 0.15) is 5.75 Å². The number of ether oxygens (including phenoxy) is 1. The Hall–Kier alpha value is -4.14. The minimum Gasteiger partial charge on any atom is -0.497 e. The molecule has 4 aromatic carbocycles. The van der Waals surface area contributed by atoms with Gasteiger partial charge in [-0.05, 0) is 61.0 Å². The molecule has 5 aromatic rings. The third kappa shape index (κ3) is 5.13. The van der Waals surface area contributed by atoms with Gasteiger partial charge in [0.2, 0.25) is 15.9 Å². The molecule has 0 unspecified atom stereocenters. The SMILES string of the molecule is CCn1c2ccccc2c2cc(NC(=O)C[C@H](c3ccc(OC)cc3)N(C)S(=O)(=O)c3ccccc3)ccc21. The number of aryl methyl sites for hydroxylation is 1. The third-order valence-electron chi connectivity index (χ3n) is 7.11. The van der Waals surface area contributed by atoms with E-state index in [2.05, 4.69) is 28.9 Å². The standard InChI is InChI=1S/C31H31N3O4S/c1-4-34-28-13-9-8-12-26(28)27-20-23(16-19-29(27)34)32-31(35)21-30(22-14-17-24(38-3)18-15-22)33(2)39(36,37)25-10-6-5-7-11-25/h5-20,30H,4,21H2,1-3H3,(H,32,35)/t30-/m1/s1. The zero-order valence-electron chi connectivity index (χ0n) is 22.2. The van der Waals surface area contributed by atoms with Gasteiger partial charge in [-0.25, -0.2) is 8.42 Å². The van der Waals surface area contributed by atoms with Crippen LogP contribution in [0.1, 0.15) is 24.9 Å². The number of sulfonamides is 1. The van der Waals surface area contributed by atoms with Gasteiger partial charge in [0.05, 0.1) is 18.0 Å². The summed E-state index contributed by atoms with van der Waals surface area (Å²) in [6.45, 7) is 2.95. The molecule has 39 heavy (non-hydrogen) atoms. The van der Waals surface area contributed by atoms with E-state index in [4.69, 9.17) is 4.74 Å². The molecule has 200 valence electrons. The monoisotopic (exact) mass is 541 g/mol. The number of aromatic nitrogens is 1. The number of hydrogen-bond donors (Lipinski definition) is 1. The van der Waals surface area contributed by atoms with Crippen LogP contribution in [0.4, 0.5) is 5.69 Å². The van der Waals surface area contributed by atoms with Crippen molar-refractivity contribution in [3.63, 3.8) is 0 Å². The van der Waals surface area contributed by atoms with E-state index in [0.29, 0.717) is 17.0 Å². The summed E-state index contributed by atoms with van der Waals surface area (Å²) in [4.78, 5) is 13.6. The second kappa shape index (κ2) is 10.9. The summed E-state index contributed by atoms with van der Waals surface area (Å²) in [5.41, 5.74) is 3.59. The highest BCUT2D eigenvalue weighted by Crippen LogP contribution is 2.33. The van der Waals surface area contributed by atoms with Crippen LogP contribution in [-0.4, -0.2) is 37.4 Å². The Labute approximate surface area is 228 Å². The summed E-state index contributed by atoms with van der Waals surface area (Å²) in [7, 11) is -0.774. The van der Waals surface area contributed by atoms with Gasteiger partial charge in [0.15, 0.2) is 0 Å². The number of benzene rings is 4. The molecular formula is C31H31N3O4S. The molecule has 8 heteroatoms. The van der Waals surface area contributed by atoms with Crippen molar-refractivity contribution in [2.45, 2.75) is 30.8 Å². The predicted molar refractivity (Wildman–Crippen MR) is 155 cm³/mol. The zero-order chi connectivity index (χ0) is 27.6. The first-order chi connectivity index (χ1) is 18.8. The van der Waals surface area contributed by atoms with Crippen molar-refractivity contribution in [1.29, 1.82) is 0 Å². The fraction of sp³-hybridized carbons (Fsp3) is 0.194. The van der Waals surface area contributed by atoms with Crippen molar-refractivity contribution in [2.24, 2.45) is 0 Å². The van der Waals surface area contributed by atoms with E-state index in [1.807, 2.05) is 30.3 Å². The quantitative estimate of drug-likeness (QED) is 0.240. The summed E-state index contributed by atoms with van der Waals surface area (Å²) >= 11 is 0. The lowest BCUT2D eigenvalue weighted by atomic mass is 10.0. The van der Waals surface area contributed by atoms with Crippen LogP contribution in [0, 0.1) is 0 Å². The topological polar surface area (TPSA) is 80.6 Å². The third-order valence-corrected chi connectivity index (χ3v) is 8.99. The van der Waals surface area contributed by atoms with Crippen LogP contribution in [0.3, 0.4) is 0 Å². The van der Waals surface area contributed by atoms with Crippen LogP contribution >= 0.6 is 0 Å². The van der Waals surface area contributed by atoms with Crippen LogP contribution in [0.5, 0.6) is 5.75 Å². The fourth-order valence-corrected chi connectivity index (χ4v) is 6.43. The summed E-state index contributed by atoms with van der Waals surface area (Å²) in [6.07, 6.45) is -0.0658. The lowest BCUT2D eigenvalue weighted by molar-refractivity contribution is -0.117. The van der Waals surface area contributed by atoms with Crippen LogP contribution < -0.4 is 10.1 Å². The molecule has 1 heterocycles. The highest BCUT2D eigenvalue weighted by molar-refractivity contribution is 7.89. The van der Waals surface area contributed by atoms with Gasteiger partial charge < -0.3 is 14.6 Å². The Balaban J connectivity index is 1.46. The van der Waals surface area contributed by atoms with Crippen molar-refractivity contribution in [3.8, 4) is 5.75 Å². The number of anilines is 1. The number of methoxy groups -OCH3 is 1. The van der Waals surface area contributed by atoms with Crippen LogP contribution in [-0.2, 0) is 21.4 Å². The largest absolute Gasteiger partial charge is 0.497 e. The number of nitrogens with one attached hydrogen (secondary N) is 1. The molecule has 0 fully saturated rings. The first-order valence-corrected chi connectivity index (χ1v) is 14.3. The maximum absolute atomic E-state index is 13.5. The van der Waals surface area contributed by atoms with Gasteiger partial charge >= 0.3 is 0 Å². The maximum Gasteiger partial charge on any atom is 0.243 e. The molecule has 0 spiro atoms. The van der Waals surface area contributed by atoms with Gasteiger partial charge in [0.25, 0.3) is 0 Å². The molecule has 1 atom stereocenters. The molecule has 0 saturated heterocycles. The van der Waals surface area contributed by atoms with Crippen molar-refractivity contribution in [2.75, 3.05) is 19.5 Å². The lowest BCUT2D eigenvalue weighted by Gasteiger charge is -2.28.